The van der Waals surface area contributed by atoms with Crippen LogP contribution in [-0.2, 0) is 11.2 Å². The molecule has 1 N–H and O–H groups in total. The van der Waals surface area contributed by atoms with Gasteiger partial charge in [0.15, 0.2) is 0 Å². The van der Waals surface area contributed by atoms with E-state index >= 15 is 0 Å². The monoisotopic (exact) mass is 319 g/mol. The second-order valence-electron chi connectivity index (χ2n) is 5.77. The lowest BCUT2D eigenvalue weighted by Gasteiger charge is -2.24. The summed E-state index contributed by atoms with van der Waals surface area (Å²) < 4.78 is 7.43. The van der Waals surface area contributed by atoms with Crippen LogP contribution >= 0.6 is 0 Å². The number of para-hydroxylation sites is 2. The van der Waals surface area contributed by atoms with Gasteiger partial charge >= 0.3 is 0 Å². The molecule has 1 atom stereocenters. The molecule has 0 saturated carbocycles. The first-order valence-corrected chi connectivity index (χ1v) is 7.92. The summed E-state index contributed by atoms with van der Waals surface area (Å²) in [5.74, 6) is 1.27. The molecule has 1 amide bonds. The number of anilines is 1. The van der Waals surface area contributed by atoms with E-state index in [1.54, 1.807) is 16.9 Å². The molecule has 120 valence electrons. The van der Waals surface area contributed by atoms with Crippen LogP contribution in [-0.4, -0.2) is 22.3 Å². The van der Waals surface area contributed by atoms with Crippen LogP contribution in [0.2, 0.25) is 0 Å². The number of benzene rings is 2. The fourth-order valence-corrected chi connectivity index (χ4v) is 2.90. The molecule has 0 spiro atoms. The third-order valence-corrected chi connectivity index (χ3v) is 4.14. The Kier molecular flexibility index (Phi) is 3.75. The van der Waals surface area contributed by atoms with Gasteiger partial charge in [-0.3, -0.25) is 4.79 Å². The van der Waals surface area contributed by atoms with Crippen molar-refractivity contribution in [2.75, 3.05) is 11.9 Å². The highest BCUT2D eigenvalue weighted by Crippen LogP contribution is 2.27. The predicted molar refractivity (Wildman–Crippen MR) is 91.3 cm³/mol. The fraction of sp³-hybridized carbons (Fsp3) is 0.158. The lowest BCUT2D eigenvalue weighted by atomic mass is 9.96. The summed E-state index contributed by atoms with van der Waals surface area (Å²) in [6.45, 7) is 0.391. The molecule has 1 aliphatic heterocycles. The number of nitrogens with zero attached hydrogens (tertiary/aromatic N) is 2. The molecule has 24 heavy (non-hydrogen) atoms. The van der Waals surface area contributed by atoms with Crippen LogP contribution < -0.4 is 10.1 Å². The Bertz CT molecular complexity index is 858. The number of rotatable bonds is 3. The standard InChI is InChI=1S/C19H17N3O2/c23-19(15-12-14-6-4-5-9-17(14)24-13-15)21-18-10-11-20-22(18)16-7-2-1-3-8-16/h1-11,15H,12-13H2,(H,21,23)/t15-/m0/s1. The van der Waals surface area contributed by atoms with Gasteiger partial charge in [-0.25, -0.2) is 4.68 Å². The van der Waals surface area contributed by atoms with Crippen LogP contribution in [0, 0.1) is 5.92 Å². The molecule has 0 saturated heterocycles. The van der Waals surface area contributed by atoms with Gasteiger partial charge in [-0.15, -0.1) is 0 Å². The summed E-state index contributed by atoms with van der Waals surface area (Å²) in [6, 6.07) is 19.4. The molecule has 0 fully saturated rings. The molecular formula is C19H17N3O2. The Morgan fingerprint density at radius 2 is 1.88 bits per heavy atom. The first-order valence-electron chi connectivity index (χ1n) is 7.92. The lowest BCUT2D eigenvalue weighted by molar-refractivity contribution is -0.121. The number of hydrogen-bond donors (Lipinski definition) is 1. The second-order valence-corrected chi connectivity index (χ2v) is 5.77. The third kappa shape index (κ3) is 2.76. The normalized spacial score (nSPS) is 16.1. The molecule has 2 aromatic carbocycles. The molecule has 5 nitrogen and oxygen atoms in total. The Morgan fingerprint density at radius 3 is 2.75 bits per heavy atom. The molecule has 0 aliphatic carbocycles. The van der Waals surface area contributed by atoms with E-state index in [1.165, 1.54) is 0 Å². The number of ether oxygens (including phenoxy) is 1. The van der Waals surface area contributed by atoms with Crippen LogP contribution in [0.3, 0.4) is 0 Å². The summed E-state index contributed by atoms with van der Waals surface area (Å²) in [4.78, 5) is 12.6. The second kappa shape index (κ2) is 6.20. The molecular weight excluding hydrogens is 302 g/mol. The van der Waals surface area contributed by atoms with E-state index < -0.39 is 0 Å². The van der Waals surface area contributed by atoms with E-state index in [9.17, 15) is 4.79 Å². The summed E-state index contributed by atoms with van der Waals surface area (Å²) in [5, 5.41) is 7.26. The fourth-order valence-electron chi connectivity index (χ4n) is 2.90. The Balaban J connectivity index is 1.51. The van der Waals surface area contributed by atoms with Gasteiger partial charge in [0.1, 0.15) is 18.2 Å². The average molecular weight is 319 g/mol. The number of fused-ring (bicyclic) bond motifs is 1. The van der Waals surface area contributed by atoms with Gasteiger partial charge in [-0.1, -0.05) is 36.4 Å². The molecule has 0 bridgehead atoms. The van der Waals surface area contributed by atoms with Gasteiger partial charge in [-0.2, -0.15) is 5.10 Å². The molecule has 2 heterocycles. The molecule has 1 aliphatic rings. The van der Waals surface area contributed by atoms with Crippen molar-refractivity contribution in [1.29, 1.82) is 0 Å². The molecule has 0 unspecified atom stereocenters. The highest BCUT2D eigenvalue weighted by molar-refractivity contribution is 5.92. The van der Waals surface area contributed by atoms with E-state index in [1.807, 2.05) is 54.6 Å². The molecule has 1 aromatic heterocycles. The summed E-state index contributed by atoms with van der Waals surface area (Å²) in [5.41, 5.74) is 1.98. The van der Waals surface area contributed by atoms with Gasteiger partial charge in [0.25, 0.3) is 0 Å². The number of carbonyl (C=O) groups excluding carboxylic acids is 1. The van der Waals surface area contributed by atoms with Crippen molar-refractivity contribution in [2.45, 2.75) is 6.42 Å². The van der Waals surface area contributed by atoms with Crippen molar-refractivity contribution in [3.05, 3.63) is 72.4 Å². The summed E-state index contributed by atoms with van der Waals surface area (Å²) in [6.07, 6.45) is 2.36. The summed E-state index contributed by atoms with van der Waals surface area (Å²) >= 11 is 0. The largest absolute Gasteiger partial charge is 0.492 e. The predicted octanol–water partition coefficient (Wildman–Crippen LogP) is 3.06. The van der Waals surface area contributed by atoms with Crippen molar-refractivity contribution in [3.63, 3.8) is 0 Å². The first kappa shape index (κ1) is 14.5. The van der Waals surface area contributed by atoms with Crippen LogP contribution in [0.5, 0.6) is 5.75 Å². The SMILES string of the molecule is O=C(Nc1ccnn1-c1ccccc1)[C@@H]1COc2ccccc2C1. The minimum atomic E-state index is -0.209. The lowest BCUT2D eigenvalue weighted by Crippen LogP contribution is -2.33. The number of nitrogens with one attached hydrogen (secondary N) is 1. The molecule has 3 aromatic rings. The highest BCUT2D eigenvalue weighted by atomic mass is 16.5. The van der Waals surface area contributed by atoms with Gasteiger partial charge in [0.2, 0.25) is 5.91 Å². The maximum atomic E-state index is 12.6. The third-order valence-electron chi connectivity index (χ3n) is 4.14. The van der Waals surface area contributed by atoms with Crippen LogP contribution in [0.15, 0.2) is 66.9 Å². The maximum Gasteiger partial charge on any atom is 0.232 e. The number of amides is 1. The van der Waals surface area contributed by atoms with Gasteiger partial charge < -0.3 is 10.1 Å². The highest BCUT2D eigenvalue weighted by Gasteiger charge is 2.26. The van der Waals surface area contributed by atoms with Crippen LogP contribution in [0.4, 0.5) is 5.82 Å². The van der Waals surface area contributed by atoms with Crippen molar-refractivity contribution < 1.29 is 9.53 Å². The van der Waals surface area contributed by atoms with Crippen molar-refractivity contribution in [2.24, 2.45) is 5.92 Å². The number of hydrogen-bond acceptors (Lipinski definition) is 3. The van der Waals surface area contributed by atoms with Crippen LogP contribution in [0.1, 0.15) is 5.56 Å². The van der Waals surface area contributed by atoms with E-state index in [0.717, 1.165) is 17.0 Å². The topological polar surface area (TPSA) is 56.2 Å². The van der Waals surface area contributed by atoms with Crippen LogP contribution in [0.25, 0.3) is 5.69 Å². The Morgan fingerprint density at radius 1 is 1.08 bits per heavy atom. The van der Waals surface area contributed by atoms with Gasteiger partial charge in [0.05, 0.1) is 17.8 Å². The van der Waals surface area contributed by atoms with E-state index in [-0.39, 0.29) is 11.8 Å². The minimum Gasteiger partial charge on any atom is -0.492 e. The molecule has 5 heteroatoms. The molecule has 0 radical (unpaired) electrons. The first-order chi connectivity index (χ1) is 11.8. The minimum absolute atomic E-state index is 0.0535. The number of carbonyl (C=O) groups is 1. The Hall–Kier alpha value is -3.08. The van der Waals surface area contributed by atoms with Crippen molar-refractivity contribution >= 4 is 11.7 Å². The van der Waals surface area contributed by atoms with Gasteiger partial charge in [-0.05, 0) is 30.2 Å². The molecule has 4 rings (SSSR count). The number of aromatic nitrogens is 2. The quantitative estimate of drug-likeness (QED) is 0.807. The van der Waals surface area contributed by atoms with E-state index in [0.29, 0.717) is 18.8 Å². The smallest absolute Gasteiger partial charge is 0.232 e. The average Bonchev–Trinajstić information content (AvgIpc) is 3.10. The van der Waals surface area contributed by atoms with E-state index in [4.69, 9.17) is 4.74 Å². The zero-order valence-corrected chi connectivity index (χ0v) is 13.1. The van der Waals surface area contributed by atoms with E-state index in [2.05, 4.69) is 10.4 Å². The Labute approximate surface area is 139 Å². The zero-order chi connectivity index (χ0) is 16.4. The van der Waals surface area contributed by atoms with Crippen molar-refractivity contribution in [1.82, 2.24) is 9.78 Å². The maximum absolute atomic E-state index is 12.6. The van der Waals surface area contributed by atoms with Crippen molar-refractivity contribution in [3.8, 4) is 11.4 Å². The zero-order valence-electron chi connectivity index (χ0n) is 13.1. The van der Waals surface area contributed by atoms with Gasteiger partial charge in [0, 0.05) is 6.07 Å². The summed E-state index contributed by atoms with van der Waals surface area (Å²) in [7, 11) is 0.